The lowest BCUT2D eigenvalue weighted by atomic mass is 9.79. The number of nitrogens with one attached hydrogen (secondary N) is 1. The van der Waals surface area contributed by atoms with Crippen LogP contribution in [0, 0.1) is 11.8 Å². The summed E-state index contributed by atoms with van der Waals surface area (Å²) < 4.78 is 11.7. The van der Waals surface area contributed by atoms with Gasteiger partial charge in [-0.15, -0.1) is 0 Å². The molecule has 8 heteroatoms. The van der Waals surface area contributed by atoms with Gasteiger partial charge < -0.3 is 25.4 Å². The Hall–Kier alpha value is -1.22. The van der Waals surface area contributed by atoms with Crippen molar-refractivity contribution in [2.75, 3.05) is 53.5 Å². The Morgan fingerprint density at radius 1 is 1.25 bits per heavy atom. The number of nitrogens with two attached hydrogens (primary N) is 1. The number of hydrogen-bond donors (Lipinski definition) is 2. The molecule has 0 bridgehead atoms. The van der Waals surface area contributed by atoms with E-state index in [4.69, 9.17) is 15.2 Å². The number of carbonyl (C=O) groups is 2. The minimum absolute atomic E-state index is 0.167. The minimum Gasteiger partial charge on any atom is -0.348 e. The molecule has 3 amide bonds. The van der Waals surface area contributed by atoms with Gasteiger partial charge in [0.05, 0.1) is 19.1 Å². The van der Waals surface area contributed by atoms with E-state index in [2.05, 4.69) is 5.32 Å². The Labute approximate surface area is 169 Å². The van der Waals surface area contributed by atoms with Crippen LogP contribution in [0.25, 0.3) is 0 Å². The molecule has 1 aliphatic heterocycles. The number of urea groups is 1. The molecule has 8 nitrogen and oxygen atoms in total. The van der Waals surface area contributed by atoms with E-state index in [-0.39, 0.29) is 24.4 Å². The summed E-state index contributed by atoms with van der Waals surface area (Å²) in [7, 11) is 3.89. The van der Waals surface area contributed by atoms with Crippen LogP contribution < -0.4 is 11.1 Å². The lowest BCUT2D eigenvalue weighted by Crippen LogP contribution is -2.49. The number of nitrogens with zero attached hydrogens (tertiary/aromatic N) is 2. The highest BCUT2D eigenvalue weighted by Crippen LogP contribution is 2.41. The van der Waals surface area contributed by atoms with Crippen molar-refractivity contribution < 1.29 is 19.1 Å². The van der Waals surface area contributed by atoms with Gasteiger partial charge in [0.1, 0.15) is 0 Å². The van der Waals surface area contributed by atoms with E-state index in [1.54, 1.807) is 0 Å². The first-order valence-corrected chi connectivity index (χ1v) is 10.6. The van der Waals surface area contributed by atoms with E-state index in [1.807, 2.05) is 25.9 Å². The first kappa shape index (κ1) is 23.1. The zero-order valence-corrected chi connectivity index (χ0v) is 17.7. The topological polar surface area (TPSA) is 97.1 Å². The van der Waals surface area contributed by atoms with Gasteiger partial charge in [-0.1, -0.05) is 13.3 Å². The molecular formula is C20H38N4O4. The highest BCUT2D eigenvalue weighted by Gasteiger charge is 2.42. The van der Waals surface area contributed by atoms with Crippen LogP contribution in [-0.2, 0) is 14.3 Å². The van der Waals surface area contributed by atoms with Gasteiger partial charge in [-0.05, 0) is 39.3 Å². The second-order valence-corrected chi connectivity index (χ2v) is 8.26. The summed E-state index contributed by atoms with van der Waals surface area (Å²) in [4.78, 5) is 29.0. The van der Waals surface area contributed by atoms with E-state index < -0.39 is 5.79 Å². The quantitative estimate of drug-likeness (QED) is 0.609. The summed E-state index contributed by atoms with van der Waals surface area (Å²) in [5.41, 5.74) is 5.96. The van der Waals surface area contributed by atoms with Gasteiger partial charge in [0.15, 0.2) is 5.79 Å². The van der Waals surface area contributed by atoms with Crippen LogP contribution in [0.2, 0.25) is 0 Å². The Morgan fingerprint density at radius 2 is 1.96 bits per heavy atom. The zero-order valence-electron chi connectivity index (χ0n) is 17.7. The highest BCUT2D eigenvalue weighted by molar-refractivity contribution is 5.95. The molecular weight excluding hydrogens is 360 g/mol. The second kappa shape index (κ2) is 11.1. The Morgan fingerprint density at radius 3 is 2.57 bits per heavy atom. The van der Waals surface area contributed by atoms with Crippen LogP contribution in [0.5, 0.6) is 0 Å². The summed E-state index contributed by atoms with van der Waals surface area (Å²) >= 11 is 0. The number of imide groups is 1. The summed E-state index contributed by atoms with van der Waals surface area (Å²) in [5, 5.41) is 2.85. The third-order valence-corrected chi connectivity index (χ3v) is 5.63. The number of ether oxygens (including phenoxy) is 2. The second-order valence-electron chi connectivity index (χ2n) is 8.26. The van der Waals surface area contributed by atoms with Gasteiger partial charge in [-0.3, -0.25) is 9.69 Å². The molecule has 1 saturated carbocycles. The van der Waals surface area contributed by atoms with Crippen molar-refractivity contribution in [2.45, 2.75) is 51.2 Å². The van der Waals surface area contributed by atoms with E-state index in [1.165, 1.54) is 4.90 Å². The maximum absolute atomic E-state index is 13.1. The molecule has 0 aromatic heterocycles. The molecule has 2 fully saturated rings. The van der Waals surface area contributed by atoms with Crippen molar-refractivity contribution in [3.05, 3.63) is 0 Å². The molecule has 1 spiro atoms. The first-order chi connectivity index (χ1) is 13.4. The van der Waals surface area contributed by atoms with Crippen molar-refractivity contribution >= 4 is 11.9 Å². The molecule has 162 valence electrons. The summed E-state index contributed by atoms with van der Waals surface area (Å²) in [6.07, 6.45) is 5.19. The monoisotopic (exact) mass is 398 g/mol. The van der Waals surface area contributed by atoms with Crippen LogP contribution in [0.15, 0.2) is 0 Å². The smallest absolute Gasteiger partial charge is 0.324 e. The molecule has 3 N–H and O–H groups in total. The number of likely N-dealkylation sites (N-methyl/N-ethyl adjacent to an activating group) is 1. The fraction of sp³-hybridized carbons (Fsp3) is 0.900. The number of rotatable bonds is 9. The molecule has 2 atom stereocenters. The third kappa shape index (κ3) is 6.40. The van der Waals surface area contributed by atoms with Gasteiger partial charge in [-0.25, -0.2) is 4.79 Å². The normalized spacial score (nSPS) is 22.4. The van der Waals surface area contributed by atoms with E-state index in [0.29, 0.717) is 38.6 Å². The summed E-state index contributed by atoms with van der Waals surface area (Å²) in [6, 6.07) is -0.324. The number of hydrogen-bond acceptors (Lipinski definition) is 6. The predicted molar refractivity (Wildman–Crippen MR) is 108 cm³/mol. The van der Waals surface area contributed by atoms with E-state index in [0.717, 1.165) is 38.6 Å². The number of carbonyl (C=O) groups excluding carboxylic acids is 2. The Bertz CT molecular complexity index is 508. The molecule has 0 radical (unpaired) electrons. The molecule has 28 heavy (non-hydrogen) atoms. The van der Waals surface area contributed by atoms with Gasteiger partial charge >= 0.3 is 6.03 Å². The van der Waals surface area contributed by atoms with Crippen LogP contribution in [0.1, 0.15) is 45.4 Å². The minimum atomic E-state index is -0.461. The summed E-state index contributed by atoms with van der Waals surface area (Å²) in [6.45, 7) is 5.13. The zero-order chi connectivity index (χ0) is 20.6. The maximum Gasteiger partial charge on any atom is 0.324 e. The molecule has 1 heterocycles. The molecule has 1 saturated heterocycles. The predicted octanol–water partition coefficient (Wildman–Crippen LogP) is 1.39. The van der Waals surface area contributed by atoms with Crippen LogP contribution in [-0.4, -0.2) is 81.0 Å². The molecule has 2 rings (SSSR count). The molecule has 2 aliphatic rings. The van der Waals surface area contributed by atoms with Crippen LogP contribution in [0.3, 0.4) is 0 Å². The van der Waals surface area contributed by atoms with Crippen molar-refractivity contribution in [1.29, 1.82) is 0 Å². The first-order valence-electron chi connectivity index (χ1n) is 10.6. The fourth-order valence-electron chi connectivity index (χ4n) is 4.20. The van der Waals surface area contributed by atoms with E-state index >= 15 is 0 Å². The average molecular weight is 399 g/mol. The van der Waals surface area contributed by atoms with Gasteiger partial charge in [0.2, 0.25) is 5.91 Å². The van der Waals surface area contributed by atoms with E-state index in [9.17, 15) is 9.59 Å². The Kier molecular flexibility index (Phi) is 9.14. The SMILES string of the molecule is CCCN(C(=O)NCCN(C)C)C(=O)C(CN)CC1CCCC2(C1)OCCO2. The highest BCUT2D eigenvalue weighted by atomic mass is 16.7. The molecule has 0 aromatic rings. The average Bonchev–Trinajstić information content (AvgIpc) is 3.10. The lowest BCUT2D eigenvalue weighted by Gasteiger charge is -2.37. The lowest BCUT2D eigenvalue weighted by molar-refractivity contribution is -0.188. The molecule has 2 unspecified atom stereocenters. The largest absolute Gasteiger partial charge is 0.348 e. The Balaban J connectivity index is 1.95. The standard InChI is InChI=1S/C20H38N4O4/c1-4-9-24(19(26)22-8-10-23(2)3)18(25)17(15-21)13-16-6-5-7-20(14-16)27-11-12-28-20/h16-17H,4-15,21H2,1-3H3,(H,22,26). The van der Waals surface area contributed by atoms with Crippen LogP contribution >= 0.6 is 0 Å². The molecule has 0 aromatic carbocycles. The van der Waals surface area contributed by atoms with Crippen molar-refractivity contribution in [3.63, 3.8) is 0 Å². The van der Waals surface area contributed by atoms with Gasteiger partial charge in [-0.2, -0.15) is 0 Å². The van der Waals surface area contributed by atoms with Crippen LogP contribution in [0.4, 0.5) is 4.79 Å². The van der Waals surface area contributed by atoms with Crippen molar-refractivity contribution in [2.24, 2.45) is 17.6 Å². The summed E-state index contributed by atoms with van der Waals surface area (Å²) in [5.74, 6) is -0.658. The molecule has 1 aliphatic carbocycles. The van der Waals surface area contributed by atoms with Crippen molar-refractivity contribution in [1.82, 2.24) is 15.1 Å². The van der Waals surface area contributed by atoms with Crippen molar-refractivity contribution in [3.8, 4) is 0 Å². The third-order valence-electron chi connectivity index (χ3n) is 5.63. The maximum atomic E-state index is 13.1. The number of amides is 3. The fourth-order valence-corrected chi connectivity index (χ4v) is 4.20. The van der Waals surface area contributed by atoms with Gasteiger partial charge in [0.25, 0.3) is 0 Å². The van der Waals surface area contributed by atoms with Gasteiger partial charge in [0, 0.05) is 39.0 Å².